The molecule has 3 heterocycles. The fourth-order valence-electron chi connectivity index (χ4n) is 3.87. The molecule has 3 aromatic carbocycles. The molecule has 0 amide bonds. The van der Waals surface area contributed by atoms with Crippen molar-refractivity contribution in [1.29, 1.82) is 0 Å². The minimum Gasteiger partial charge on any atom is -0.345 e. The van der Waals surface area contributed by atoms with Crippen LogP contribution in [0.15, 0.2) is 100 Å². The third-order valence-corrected chi connectivity index (χ3v) is 7.70. The Bertz CT molecular complexity index is 1670. The minimum atomic E-state index is -0.576. The summed E-state index contributed by atoms with van der Waals surface area (Å²) in [6.07, 6.45) is 1.10. The molecule has 0 fully saturated rings. The zero-order valence-electron chi connectivity index (χ0n) is 18.6. The molecule has 6 rings (SSSR count). The van der Waals surface area contributed by atoms with Crippen molar-refractivity contribution in [3.63, 3.8) is 0 Å². The number of aromatic nitrogens is 5. The average molecular weight is 512 g/mol. The molecule has 9 nitrogen and oxygen atoms in total. The molecule has 0 aliphatic carbocycles. The quantitative estimate of drug-likeness (QED) is 0.200. The van der Waals surface area contributed by atoms with Crippen LogP contribution >= 0.6 is 23.1 Å². The van der Waals surface area contributed by atoms with Crippen molar-refractivity contribution < 1.29 is 4.92 Å². The molecule has 176 valence electrons. The number of para-hydroxylation sites is 2. The van der Waals surface area contributed by atoms with E-state index < -0.39 is 6.17 Å². The SMILES string of the molecule is O=[N+]([O-])c1cc([C@@H](Nc2ccccn2)n2nnc3ccccc32)ccc1Sc1nc2ccccc2s1. The molecule has 0 aliphatic heterocycles. The van der Waals surface area contributed by atoms with Crippen molar-refractivity contribution >= 4 is 55.9 Å². The van der Waals surface area contributed by atoms with Gasteiger partial charge in [0.2, 0.25) is 0 Å². The molecule has 0 aliphatic rings. The Balaban J connectivity index is 1.42. The number of hydrogen-bond acceptors (Lipinski definition) is 9. The van der Waals surface area contributed by atoms with Crippen molar-refractivity contribution in [2.45, 2.75) is 15.4 Å². The second-order valence-electron chi connectivity index (χ2n) is 7.82. The number of nitro groups is 1. The van der Waals surface area contributed by atoms with Crippen LogP contribution in [0.2, 0.25) is 0 Å². The first-order chi connectivity index (χ1) is 17.7. The van der Waals surface area contributed by atoms with E-state index in [9.17, 15) is 10.1 Å². The minimum absolute atomic E-state index is 0.00556. The van der Waals surface area contributed by atoms with Crippen LogP contribution in [0.1, 0.15) is 11.7 Å². The van der Waals surface area contributed by atoms with Gasteiger partial charge in [0.25, 0.3) is 5.69 Å². The van der Waals surface area contributed by atoms with E-state index in [0.717, 1.165) is 25.6 Å². The Morgan fingerprint density at radius 1 is 0.972 bits per heavy atom. The van der Waals surface area contributed by atoms with Gasteiger partial charge in [0, 0.05) is 17.8 Å². The predicted molar refractivity (Wildman–Crippen MR) is 140 cm³/mol. The Morgan fingerprint density at radius 2 is 1.78 bits per heavy atom. The molecule has 11 heteroatoms. The molecular weight excluding hydrogens is 494 g/mol. The summed E-state index contributed by atoms with van der Waals surface area (Å²) < 4.78 is 3.50. The molecule has 0 spiro atoms. The summed E-state index contributed by atoms with van der Waals surface area (Å²) in [6, 6.07) is 26.1. The normalized spacial score (nSPS) is 12.1. The summed E-state index contributed by atoms with van der Waals surface area (Å²) in [4.78, 5) is 21.3. The highest BCUT2D eigenvalue weighted by molar-refractivity contribution is 8.01. The first-order valence-corrected chi connectivity index (χ1v) is 12.6. The maximum absolute atomic E-state index is 12.1. The van der Waals surface area contributed by atoms with Crippen molar-refractivity contribution in [3.8, 4) is 0 Å². The molecule has 1 N–H and O–H groups in total. The highest BCUT2D eigenvalue weighted by Crippen LogP contribution is 2.40. The van der Waals surface area contributed by atoms with Crippen LogP contribution in [0.4, 0.5) is 11.5 Å². The van der Waals surface area contributed by atoms with E-state index in [-0.39, 0.29) is 10.6 Å². The Kier molecular flexibility index (Phi) is 5.76. The number of nitrogens with one attached hydrogen (secondary N) is 1. The third kappa shape index (κ3) is 4.25. The molecule has 0 unspecified atom stereocenters. The zero-order chi connectivity index (χ0) is 24.5. The number of thiazole rings is 1. The molecule has 0 saturated heterocycles. The second-order valence-corrected chi connectivity index (χ2v) is 10.1. The van der Waals surface area contributed by atoms with E-state index >= 15 is 0 Å². The molecule has 0 bridgehead atoms. The van der Waals surface area contributed by atoms with Gasteiger partial charge in [-0.25, -0.2) is 14.6 Å². The fourth-order valence-corrected chi connectivity index (χ4v) is 5.98. The molecule has 1 atom stereocenters. The molecular formula is C25H17N7O2S2. The van der Waals surface area contributed by atoms with E-state index in [1.54, 1.807) is 23.0 Å². The summed E-state index contributed by atoms with van der Waals surface area (Å²) in [5, 5.41) is 24.1. The lowest BCUT2D eigenvalue weighted by molar-refractivity contribution is -0.387. The van der Waals surface area contributed by atoms with Crippen LogP contribution in [0.5, 0.6) is 0 Å². The predicted octanol–water partition coefficient (Wildman–Crippen LogP) is 6.15. The van der Waals surface area contributed by atoms with Gasteiger partial charge in [0.15, 0.2) is 4.34 Å². The molecule has 36 heavy (non-hydrogen) atoms. The topological polar surface area (TPSA) is 112 Å². The van der Waals surface area contributed by atoms with Gasteiger partial charge in [0.1, 0.15) is 17.5 Å². The van der Waals surface area contributed by atoms with Crippen molar-refractivity contribution in [3.05, 3.63) is 107 Å². The summed E-state index contributed by atoms with van der Waals surface area (Å²) in [7, 11) is 0. The molecule has 3 aromatic heterocycles. The smallest absolute Gasteiger partial charge is 0.283 e. The summed E-state index contributed by atoms with van der Waals surface area (Å²) >= 11 is 2.80. The summed E-state index contributed by atoms with van der Waals surface area (Å²) in [6.45, 7) is 0. The lowest BCUT2D eigenvalue weighted by Crippen LogP contribution is -2.21. The van der Waals surface area contributed by atoms with Crippen LogP contribution in [0.3, 0.4) is 0 Å². The highest BCUT2D eigenvalue weighted by atomic mass is 32.2. The number of nitrogens with zero attached hydrogens (tertiary/aromatic N) is 6. The van der Waals surface area contributed by atoms with Crippen LogP contribution < -0.4 is 5.32 Å². The first kappa shape index (κ1) is 22.1. The van der Waals surface area contributed by atoms with Gasteiger partial charge in [-0.15, -0.1) is 16.4 Å². The van der Waals surface area contributed by atoms with E-state index in [4.69, 9.17) is 0 Å². The number of rotatable bonds is 7. The monoisotopic (exact) mass is 511 g/mol. The summed E-state index contributed by atoms with van der Waals surface area (Å²) in [5.41, 5.74) is 3.04. The second kappa shape index (κ2) is 9.36. The maximum atomic E-state index is 12.1. The highest BCUT2D eigenvalue weighted by Gasteiger charge is 2.24. The van der Waals surface area contributed by atoms with Crippen LogP contribution in [0, 0.1) is 10.1 Å². The van der Waals surface area contributed by atoms with E-state index in [2.05, 4.69) is 25.6 Å². The fraction of sp³-hybridized carbons (Fsp3) is 0.0400. The first-order valence-electron chi connectivity index (χ1n) is 10.9. The lowest BCUT2D eigenvalue weighted by Gasteiger charge is -2.21. The number of hydrogen-bond donors (Lipinski definition) is 1. The van der Waals surface area contributed by atoms with Gasteiger partial charge < -0.3 is 5.32 Å². The van der Waals surface area contributed by atoms with Crippen LogP contribution in [-0.4, -0.2) is 29.9 Å². The lowest BCUT2D eigenvalue weighted by atomic mass is 10.1. The van der Waals surface area contributed by atoms with E-state index in [1.165, 1.54) is 23.1 Å². The Morgan fingerprint density at radius 3 is 2.58 bits per heavy atom. The Labute approximate surface area is 213 Å². The molecule has 6 aromatic rings. The average Bonchev–Trinajstić information content (AvgIpc) is 3.52. The maximum Gasteiger partial charge on any atom is 0.283 e. The van der Waals surface area contributed by atoms with Crippen LogP contribution in [-0.2, 0) is 0 Å². The van der Waals surface area contributed by atoms with E-state index in [0.29, 0.717) is 16.3 Å². The van der Waals surface area contributed by atoms with Gasteiger partial charge in [-0.1, -0.05) is 53.4 Å². The largest absolute Gasteiger partial charge is 0.345 e. The number of anilines is 1. The van der Waals surface area contributed by atoms with Gasteiger partial charge in [-0.3, -0.25) is 10.1 Å². The molecule has 0 radical (unpaired) electrons. The number of nitro benzene ring substituents is 1. The van der Waals surface area contributed by atoms with Gasteiger partial charge in [-0.2, -0.15) is 0 Å². The van der Waals surface area contributed by atoms with Crippen LogP contribution in [0.25, 0.3) is 21.3 Å². The Hall–Kier alpha value is -4.35. The molecule has 0 saturated carbocycles. The van der Waals surface area contributed by atoms with Crippen molar-refractivity contribution in [1.82, 2.24) is 25.0 Å². The number of benzene rings is 3. The van der Waals surface area contributed by atoms with Crippen molar-refractivity contribution in [2.75, 3.05) is 5.32 Å². The van der Waals surface area contributed by atoms with E-state index in [1.807, 2.05) is 72.8 Å². The standard InChI is InChI=1S/C25H17N7O2S2/c33-32(34)20-15-16(12-13-22(20)36-25-27-18-8-2-4-10-21(18)35-25)24(28-23-11-5-6-14-26-23)31-19-9-3-1-7-17(19)29-30-31/h1-15,24H,(H,26,28)/t24-/m0/s1. The zero-order valence-corrected chi connectivity index (χ0v) is 20.2. The summed E-state index contributed by atoms with van der Waals surface area (Å²) in [5.74, 6) is 0.609. The van der Waals surface area contributed by atoms with Crippen molar-refractivity contribution in [2.24, 2.45) is 0 Å². The third-order valence-electron chi connectivity index (χ3n) is 5.54. The van der Waals surface area contributed by atoms with Gasteiger partial charge in [-0.05, 0) is 42.5 Å². The van der Waals surface area contributed by atoms with Gasteiger partial charge in [0.05, 0.1) is 25.6 Å². The van der Waals surface area contributed by atoms with Gasteiger partial charge >= 0.3 is 0 Å². The number of pyridine rings is 1. The number of fused-ring (bicyclic) bond motifs is 2.